The molecule has 21 heavy (non-hydrogen) atoms. The molecular formula is C14H21ClN4O2. The highest BCUT2D eigenvalue weighted by Gasteiger charge is 2.17. The van der Waals surface area contributed by atoms with E-state index in [2.05, 4.69) is 15.5 Å². The smallest absolute Gasteiger partial charge is 0.257 e. The molecule has 2 aromatic rings. The Bertz CT molecular complexity index is 612. The molecule has 0 aliphatic rings. The Balaban J connectivity index is 0.00000220. The van der Waals surface area contributed by atoms with Gasteiger partial charge in [-0.2, -0.15) is 0 Å². The van der Waals surface area contributed by atoms with Crippen LogP contribution in [-0.2, 0) is 0 Å². The minimum absolute atomic E-state index is 0. The lowest BCUT2D eigenvalue weighted by Gasteiger charge is -2.16. The van der Waals surface area contributed by atoms with Crippen LogP contribution in [0.15, 0.2) is 16.8 Å². The Kier molecular flexibility index (Phi) is 6.11. The number of amides is 1. The van der Waals surface area contributed by atoms with Gasteiger partial charge < -0.3 is 14.7 Å². The van der Waals surface area contributed by atoms with Crippen molar-refractivity contribution in [2.45, 2.75) is 19.8 Å². The number of carbonyl (C=O) groups excluding carboxylic acids is 1. The largest absolute Gasteiger partial charge is 0.340 e. The maximum atomic E-state index is 12.3. The van der Waals surface area contributed by atoms with Gasteiger partial charge >= 0.3 is 0 Å². The second-order valence-electron chi connectivity index (χ2n) is 5.13. The highest BCUT2D eigenvalue weighted by Crippen LogP contribution is 2.24. The van der Waals surface area contributed by atoms with Gasteiger partial charge in [0.05, 0.1) is 16.6 Å². The van der Waals surface area contributed by atoms with Gasteiger partial charge in [0.15, 0.2) is 0 Å². The van der Waals surface area contributed by atoms with E-state index in [9.17, 15) is 4.79 Å². The molecule has 116 valence electrons. The summed E-state index contributed by atoms with van der Waals surface area (Å²) in [6.07, 6.45) is 1.54. The van der Waals surface area contributed by atoms with Gasteiger partial charge in [-0.15, -0.1) is 12.4 Å². The van der Waals surface area contributed by atoms with E-state index >= 15 is 0 Å². The molecule has 6 nitrogen and oxygen atoms in total. The van der Waals surface area contributed by atoms with Gasteiger partial charge in [-0.25, -0.2) is 4.98 Å². The van der Waals surface area contributed by atoms with Gasteiger partial charge in [0.25, 0.3) is 11.6 Å². The summed E-state index contributed by atoms with van der Waals surface area (Å²) in [5.41, 5.74) is 1.87. The molecule has 0 saturated heterocycles. The number of pyridine rings is 1. The first-order valence-electron chi connectivity index (χ1n) is 6.70. The number of likely N-dealkylation sites (N-methyl/N-ethyl adjacent to an activating group) is 2. The summed E-state index contributed by atoms with van der Waals surface area (Å²) in [4.78, 5) is 18.1. The monoisotopic (exact) mass is 312 g/mol. The standard InChI is InChI=1S/C14H20N4O2.ClH/c1-9(2)12-11-7-10(8-16-13(11)20-17-12)14(19)18(4)6-5-15-3;/h7-9,15H,5-6H2,1-4H3;1H. The number of rotatable bonds is 5. The number of hydrogen-bond acceptors (Lipinski definition) is 5. The fourth-order valence-electron chi connectivity index (χ4n) is 1.98. The van der Waals surface area contributed by atoms with Gasteiger partial charge in [0.2, 0.25) is 0 Å². The summed E-state index contributed by atoms with van der Waals surface area (Å²) in [5.74, 6) is 0.177. The van der Waals surface area contributed by atoms with Crippen molar-refractivity contribution in [2.24, 2.45) is 0 Å². The van der Waals surface area contributed by atoms with E-state index in [-0.39, 0.29) is 24.2 Å². The van der Waals surface area contributed by atoms with Crippen LogP contribution in [0, 0.1) is 0 Å². The molecule has 7 heteroatoms. The van der Waals surface area contributed by atoms with Crippen LogP contribution in [0.25, 0.3) is 11.1 Å². The average molecular weight is 313 g/mol. The summed E-state index contributed by atoms with van der Waals surface area (Å²) in [5, 5.41) is 7.85. The summed E-state index contributed by atoms with van der Waals surface area (Å²) in [6, 6.07) is 1.81. The first kappa shape index (κ1) is 17.4. The zero-order valence-corrected chi connectivity index (χ0v) is 13.5. The number of fused-ring (bicyclic) bond motifs is 1. The van der Waals surface area contributed by atoms with Crippen molar-refractivity contribution in [1.82, 2.24) is 20.4 Å². The minimum atomic E-state index is -0.0504. The Labute approximate surface area is 130 Å². The van der Waals surface area contributed by atoms with Crippen molar-refractivity contribution in [3.63, 3.8) is 0 Å². The van der Waals surface area contributed by atoms with E-state index in [1.54, 1.807) is 11.9 Å². The van der Waals surface area contributed by atoms with Crippen molar-refractivity contribution in [1.29, 1.82) is 0 Å². The van der Waals surface area contributed by atoms with Crippen LogP contribution in [0.2, 0.25) is 0 Å². The minimum Gasteiger partial charge on any atom is -0.340 e. The van der Waals surface area contributed by atoms with Crippen molar-refractivity contribution in [3.05, 3.63) is 23.5 Å². The van der Waals surface area contributed by atoms with E-state index in [1.165, 1.54) is 6.20 Å². The molecule has 0 unspecified atom stereocenters. The Morgan fingerprint density at radius 2 is 2.19 bits per heavy atom. The fraction of sp³-hybridized carbons (Fsp3) is 0.500. The van der Waals surface area contributed by atoms with E-state index in [0.717, 1.165) is 17.6 Å². The number of nitrogens with zero attached hydrogens (tertiary/aromatic N) is 3. The first-order valence-corrected chi connectivity index (χ1v) is 6.70. The lowest BCUT2D eigenvalue weighted by molar-refractivity contribution is 0.0796. The zero-order valence-electron chi connectivity index (χ0n) is 12.7. The molecule has 0 atom stereocenters. The molecule has 0 fully saturated rings. The maximum Gasteiger partial charge on any atom is 0.257 e. The highest BCUT2D eigenvalue weighted by molar-refractivity contribution is 5.96. The molecule has 0 saturated carbocycles. The van der Waals surface area contributed by atoms with Crippen molar-refractivity contribution < 1.29 is 9.32 Å². The van der Waals surface area contributed by atoms with Gasteiger partial charge in [0, 0.05) is 26.3 Å². The quantitative estimate of drug-likeness (QED) is 0.915. The molecule has 2 rings (SSSR count). The molecule has 2 aromatic heterocycles. The Morgan fingerprint density at radius 1 is 1.48 bits per heavy atom. The Hall–Kier alpha value is -1.66. The van der Waals surface area contributed by atoms with Crippen molar-refractivity contribution in [3.8, 4) is 0 Å². The number of carbonyl (C=O) groups is 1. The summed E-state index contributed by atoms with van der Waals surface area (Å²) >= 11 is 0. The number of nitrogens with one attached hydrogen (secondary N) is 1. The van der Waals surface area contributed by atoms with Crippen molar-refractivity contribution in [2.75, 3.05) is 27.2 Å². The van der Waals surface area contributed by atoms with Crippen LogP contribution < -0.4 is 5.32 Å². The third-order valence-corrected chi connectivity index (χ3v) is 3.20. The van der Waals surface area contributed by atoms with Crippen molar-refractivity contribution >= 4 is 29.4 Å². The van der Waals surface area contributed by atoms with Gasteiger partial charge in [-0.3, -0.25) is 4.79 Å². The third-order valence-electron chi connectivity index (χ3n) is 3.20. The molecule has 0 aliphatic carbocycles. The lowest BCUT2D eigenvalue weighted by atomic mass is 10.1. The van der Waals surface area contributed by atoms with Gasteiger partial charge in [0.1, 0.15) is 0 Å². The van der Waals surface area contributed by atoms with E-state index in [1.807, 2.05) is 27.0 Å². The predicted octanol–water partition coefficient (Wildman–Crippen LogP) is 2.06. The molecule has 0 bridgehead atoms. The molecule has 2 heterocycles. The Morgan fingerprint density at radius 3 is 2.81 bits per heavy atom. The van der Waals surface area contributed by atoms with Gasteiger partial charge in [-0.05, 0) is 19.0 Å². The normalized spacial score (nSPS) is 10.7. The first-order chi connectivity index (χ1) is 9.54. The van der Waals surface area contributed by atoms with E-state index in [0.29, 0.717) is 17.8 Å². The summed E-state index contributed by atoms with van der Waals surface area (Å²) < 4.78 is 5.17. The summed E-state index contributed by atoms with van der Waals surface area (Å²) in [6.45, 7) is 5.46. The van der Waals surface area contributed by atoms with E-state index in [4.69, 9.17) is 4.52 Å². The average Bonchev–Trinajstić information content (AvgIpc) is 2.86. The van der Waals surface area contributed by atoms with Crippen LogP contribution >= 0.6 is 12.4 Å². The predicted molar refractivity (Wildman–Crippen MR) is 84.0 cm³/mol. The second-order valence-corrected chi connectivity index (χ2v) is 5.13. The highest BCUT2D eigenvalue weighted by atomic mass is 35.5. The fourth-order valence-corrected chi connectivity index (χ4v) is 1.98. The SMILES string of the molecule is CNCCN(C)C(=O)c1cnc2onc(C(C)C)c2c1.Cl. The molecule has 0 spiro atoms. The molecule has 0 radical (unpaired) electrons. The molecular weight excluding hydrogens is 292 g/mol. The number of halogens is 1. The molecule has 1 N–H and O–H groups in total. The van der Waals surface area contributed by atoms with E-state index < -0.39 is 0 Å². The maximum absolute atomic E-state index is 12.3. The molecule has 1 amide bonds. The van der Waals surface area contributed by atoms with Crippen LogP contribution in [0.3, 0.4) is 0 Å². The molecule has 0 aliphatic heterocycles. The summed E-state index contributed by atoms with van der Waals surface area (Å²) in [7, 11) is 3.64. The van der Waals surface area contributed by atoms with Crippen LogP contribution in [0.1, 0.15) is 35.8 Å². The number of hydrogen-bond donors (Lipinski definition) is 1. The lowest BCUT2D eigenvalue weighted by Crippen LogP contribution is -2.32. The zero-order chi connectivity index (χ0) is 14.7. The number of aromatic nitrogens is 2. The third kappa shape index (κ3) is 3.71. The molecule has 0 aromatic carbocycles. The topological polar surface area (TPSA) is 71.3 Å². The van der Waals surface area contributed by atoms with Crippen LogP contribution in [0.5, 0.6) is 0 Å². The second kappa shape index (κ2) is 7.38. The van der Waals surface area contributed by atoms with Crippen LogP contribution in [-0.4, -0.2) is 48.1 Å². The van der Waals surface area contributed by atoms with Gasteiger partial charge in [-0.1, -0.05) is 19.0 Å². The van der Waals surface area contributed by atoms with Crippen LogP contribution in [0.4, 0.5) is 0 Å².